The summed E-state index contributed by atoms with van der Waals surface area (Å²) in [4.78, 5) is 0. The zero-order chi connectivity index (χ0) is 5.54. The standard InChI is InChI=1S/C6H9Cl/c1-2-3-4-5-6-7/h3H,1,4-6H2. The van der Waals surface area contributed by atoms with Gasteiger partial charge in [0.15, 0.2) is 0 Å². The summed E-state index contributed by atoms with van der Waals surface area (Å²) in [5, 5.41) is 0. The zero-order valence-electron chi connectivity index (χ0n) is 4.28. The molecule has 0 rings (SSSR count). The molecule has 7 heavy (non-hydrogen) atoms. The van der Waals surface area contributed by atoms with E-state index in [2.05, 4.69) is 12.3 Å². The lowest BCUT2D eigenvalue weighted by molar-refractivity contribution is 0.968. The number of hydrogen-bond acceptors (Lipinski definition) is 0. The molecule has 0 saturated heterocycles. The highest BCUT2D eigenvalue weighted by atomic mass is 35.5. The van der Waals surface area contributed by atoms with Crippen LogP contribution in [-0.2, 0) is 0 Å². The first kappa shape index (κ1) is 6.81. The number of rotatable bonds is 3. The van der Waals surface area contributed by atoms with Crippen molar-refractivity contribution in [2.24, 2.45) is 0 Å². The Kier molecular flexibility index (Phi) is 5.65. The summed E-state index contributed by atoms with van der Waals surface area (Å²) in [5.41, 5.74) is 2.67. The molecule has 0 radical (unpaired) electrons. The first-order valence-corrected chi connectivity index (χ1v) is 2.85. The molecule has 0 aliphatic heterocycles. The van der Waals surface area contributed by atoms with Crippen LogP contribution in [0.3, 0.4) is 0 Å². The minimum Gasteiger partial charge on any atom is -0.133 e. The van der Waals surface area contributed by atoms with Gasteiger partial charge in [0, 0.05) is 5.88 Å². The molecule has 0 N–H and O–H groups in total. The van der Waals surface area contributed by atoms with Gasteiger partial charge in [0.05, 0.1) is 0 Å². The molecule has 40 valence electrons. The molecule has 0 aliphatic carbocycles. The van der Waals surface area contributed by atoms with Crippen LogP contribution in [0, 0.1) is 0 Å². The van der Waals surface area contributed by atoms with Gasteiger partial charge in [-0.1, -0.05) is 6.58 Å². The molecule has 0 aliphatic rings. The SMILES string of the molecule is C=C=CCCCCl. The van der Waals surface area contributed by atoms with Crippen molar-refractivity contribution in [3.8, 4) is 0 Å². The van der Waals surface area contributed by atoms with Gasteiger partial charge in [0.1, 0.15) is 0 Å². The molecule has 1 heteroatoms. The normalized spacial score (nSPS) is 7.57. The summed E-state index contributed by atoms with van der Waals surface area (Å²) in [6.45, 7) is 3.41. The third kappa shape index (κ3) is 5.81. The minimum absolute atomic E-state index is 0.734. The van der Waals surface area contributed by atoms with E-state index in [4.69, 9.17) is 11.6 Å². The number of hydrogen-bond donors (Lipinski definition) is 0. The first-order valence-electron chi connectivity index (χ1n) is 2.32. The van der Waals surface area contributed by atoms with Crippen LogP contribution in [0.25, 0.3) is 0 Å². The molecule has 0 spiro atoms. The monoisotopic (exact) mass is 116 g/mol. The fourth-order valence-corrected chi connectivity index (χ4v) is 0.436. The molecule has 0 heterocycles. The van der Waals surface area contributed by atoms with Crippen molar-refractivity contribution in [1.82, 2.24) is 0 Å². The number of unbranched alkanes of at least 4 members (excludes halogenated alkanes) is 1. The van der Waals surface area contributed by atoms with Gasteiger partial charge in [-0.3, -0.25) is 0 Å². The van der Waals surface area contributed by atoms with Gasteiger partial charge >= 0.3 is 0 Å². The fraction of sp³-hybridized carbons (Fsp3) is 0.500. The van der Waals surface area contributed by atoms with Crippen LogP contribution >= 0.6 is 11.6 Å². The van der Waals surface area contributed by atoms with Gasteiger partial charge in [-0.15, -0.1) is 17.3 Å². The van der Waals surface area contributed by atoms with E-state index in [0.29, 0.717) is 0 Å². The summed E-state index contributed by atoms with van der Waals surface area (Å²) in [5.74, 6) is 0.734. The average Bonchev–Trinajstić information content (AvgIpc) is 1.69. The molecule has 0 amide bonds. The average molecular weight is 117 g/mol. The molecule has 0 nitrogen and oxygen atoms in total. The largest absolute Gasteiger partial charge is 0.133 e. The van der Waals surface area contributed by atoms with Gasteiger partial charge in [-0.05, 0) is 18.9 Å². The van der Waals surface area contributed by atoms with E-state index in [1.54, 1.807) is 0 Å². The molecule has 0 fully saturated rings. The van der Waals surface area contributed by atoms with Crippen molar-refractivity contribution in [1.29, 1.82) is 0 Å². The highest BCUT2D eigenvalue weighted by molar-refractivity contribution is 6.17. The lowest BCUT2D eigenvalue weighted by atomic mass is 10.3. The van der Waals surface area contributed by atoms with Crippen molar-refractivity contribution < 1.29 is 0 Å². The Labute approximate surface area is 49.5 Å². The Morgan fingerprint density at radius 3 is 2.86 bits per heavy atom. The van der Waals surface area contributed by atoms with Gasteiger partial charge in [-0.2, -0.15) is 0 Å². The van der Waals surface area contributed by atoms with E-state index < -0.39 is 0 Å². The predicted molar refractivity (Wildman–Crippen MR) is 33.7 cm³/mol. The van der Waals surface area contributed by atoms with E-state index in [-0.39, 0.29) is 0 Å². The van der Waals surface area contributed by atoms with Gasteiger partial charge in [0.25, 0.3) is 0 Å². The van der Waals surface area contributed by atoms with Crippen molar-refractivity contribution in [3.05, 3.63) is 18.4 Å². The lowest BCUT2D eigenvalue weighted by Crippen LogP contribution is -1.67. The fourth-order valence-electron chi connectivity index (χ4n) is 0.281. The van der Waals surface area contributed by atoms with E-state index in [0.717, 1.165) is 18.7 Å². The Morgan fingerprint density at radius 2 is 2.43 bits per heavy atom. The van der Waals surface area contributed by atoms with Crippen molar-refractivity contribution in [2.45, 2.75) is 12.8 Å². The summed E-state index contributed by atoms with van der Waals surface area (Å²) in [7, 11) is 0. The Balaban J connectivity index is 2.83. The highest BCUT2D eigenvalue weighted by Gasteiger charge is 1.74. The molecular formula is C6H9Cl. The van der Waals surface area contributed by atoms with Crippen molar-refractivity contribution in [3.63, 3.8) is 0 Å². The van der Waals surface area contributed by atoms with Gasteiger partial charge in [-0.25, -0.2) is 0 Å². The molecule has 0 bridgehead atoms. The second kappa shape index (κ2) is 5.81. The maximum atomic E-state index is 5.37. The van der Waals surface area contributed by atoms with Crippen LogP contribution in [0.5, 0.6) is 0 Å². The Bertz CT molecular complexity index is 70.2. The van der Waals surface area contributed by atoms with E-state index in [9.17, 15) is 0 Å². The molecule has 0 saturated carbocycles. The van der Waals surface area contributed by atoms with Gasteiger partial charge < -0.3 is 0 Å². The van der Waals surface area contributed by atoms with Crippen molar-refractivity contribution >= 4 is 11.6 Å². The third-order valence-corrected chi connectivity index (χ3v) is 0.894. The van der Waals surface area contributed by atoms with Crippen LogP contribution in [0.2, 0.25) is 0 Å². The van der Waals surface area contributed by atoms with Crippen LogP contribution in [0.1, 0.15) is 12.8 Å². The topological polar surface area (TPSA) is 0 Å². The lowest BCUT2D eigenvalue weighted by Gasteiger charge is -1.80. The molecule has 0 aromatic carbocycles. The number of allylic oxidation sites excluding steroid dienone is 1. The van der Waals surface area contributed by atoms with E-state index in [1.807, 2.05) is 6.08 Å². The second-order valence-corrected chi connectivity index (χ2v) is 1.62. The predicted octanol–water partition coefficient (Wildman–Crippen LogP) is 2.35. The quantitative estimate of drug-likeness (QED) is 0.302. The van der Waals surface area contributed by atoms with Gasteiger partial charge in [0.2, 0.25) is 0 Å². The molecular weight excluding hydrogens is 108 g/mol. The molecule has 0 atom stereocenters. The Morgan fingerprint density at radius 1 is 1.71 bits per heavy atom. The van der Waals surface area contributed by atoms with E-state index in [1.165, 1.54) is 0 Å². The number of halogens is 1. The highest BCUT2D eigenvalue weighted by Crippen LogP contribution is 1.90. The summed E-state index contributed by atoms with van der Waals surface area (Å²) < 4.78 is 0. The molecule has 0 aromatic rings. The number of alkyl halides is 1. The van der Waals surface area contributed by atoms with Crippen LogP contribution in [-0.4, -0.2) is 5.88 Å². The Hall–Kier alpha value is -0.190. The summed E-state index contributed by atoms with van der Waals surface area (Å²) in [6.07, 6.45) is 3.93. The molecule has 0 unspecified atom stereocenters. The van der Waals surface area contributed by atoms with Crippen LogP contribution < -0.4 is 0 Å². The maximum absolute atomic E-state index is 5.37. The maximum Gasteiger partial charge on any atom is 0.0226 e. The minimum atomic E-state index is 0.734. The smallest absolute Gasteiger partial charge is 0.0226 e. The summed E-state index contributed by atoms with van der Waals surface area (Å²) in [6, 6.07) is 0. The van der Waals surface area contributed by atoms with E-state index >= 15 is 0 Å². The molecule has 0 aromatic heterocycles. The first-order chi connectivity index (χ1) is 3.41. The van der Waals surface area contributed by atoms with Crippen LogP contribution in [0.4, 0.5) is 0 Å². The second-order valence-electron chi connectivity index (χ2n) is 1.24. The van der Waals surface area contributed by atoms with Crippen LogP contribution in [0.15, 0.2) is 18.4 Å². The zero-order valence-corrected chi connectivity index (χ0v) is 5.04. The van der Waals surface area contributed by atoms with Crippen molar-refractivity contribution in [2.75, 3.05) is 5.88 Å². The third-order valence-electron chi connectivity index (χ3n) is 0.626. The summed E-state index contributed by atoms with van der Waals surface area (Å²) >= 11 is 5.37.